The van der Waals surface area contributed by atoms with E-state index in [0.717, 1.165) is 38.4 Å². The third-order valence-corrected chi connectivity index (χ3v) is 3.95. The van der Waals surface area contributed by atoms with E-state index >= 15 is 0 Å². The summed E-state index contributed by atoms with van der Waals surface area (Å²) in [7, 11) is 0. The Morgan fingerprint density at radius 1 is 1.26 bits per heavy atom. The smallest absolute Gasteiger partial charge is 0.273 e. The summed E-state index contributed by atoms with van der Waals surface area (Å²) in [4.78, 5) is 14.5. The number of benzene rings is 1. The zero-order valence-electron chi connectivity index (χ0n) is 13.3. The van der Waals surface area contributed by atoms with E-state index in [1.54, 1.807) is 10.9 Å². The molecule has 1 aromatic heterocycles. The van der Waals surface area contributed by atoms with Gasteiger partial charge in [-0.1, -0.05) is 22.9 Å². The van der Waals surface area contributed by atoms with E-state index in [-0.39, 0.29) is 5.91 Å². The van der Waals surface area contributed by atoms with Crippen LogP contribution in [0.1, 0.15) is 16.1 Å². The number of carbonyl (C=O) groups excluding carboxylic acids is 1. The van der Waals surface area contributed by atoms with Crippen molar-refractivity contribution in [3.05, 3.63) is 41.7 Å². The van der Waals surface area contributed by atoms with Gasteiger partial charge in [0.05, 0.1) is 11.9 Å². The third-order valence-electron chi connectivity index (χ3n) is 3.95. The van der Waals surface area contributed by atoms with Gasteiger partial charge in [0, 0.05) is 39.3 Å². The Morgan fingerprint density at radius 2 is 2.00 bits per heavy atom. The molecular formula is C16H22N6O. The topological polar surface area (TPSA) is 75.1 Å². The molecule has 0 spiro atoms. The molecule has 2 aromatic rings. The molecule has 0 aliphatic carbocycles. The van der Waals surface area contributed by atoms with Crippen LogP contribution in [0.2, 0.25) is 0 Å². The Kier molecular flexibility index (Phi) is 4.99. The highest BCUT2D eigenvalue weighted by molar-refractivity contribution is 5.91. The highest BCUT2D eigenvalue weighted by atomic mass is 16.2. The van der Waals surface area contributed by atoms with Crippen molar-refractivity contribution in [2.75, 3.05) is 39.3 Å². The van der Waals surface area contributed by atoms with E-state index < -0.39 is 0 Å². The standard InChI is InChI=1S/C16H22N6O/c1-13-2-4-14(5-3-13)22-12-15(19-20-22)16(23)18-8-11-21-9-6-17-7-10-21/h2-5,12,17H,6-11H2,1H3,(H,18,23). The van der Waals surface area contributed by atoms with E-state index in [0.29, 0.717) is 12.2 Å². The summed E-state index contributed by atoms with van der Waals surface area (Å²) in [5, 5.41) is 14.2. The minimum Gasteiger partial charge on any atom is -0.349 e. The highest BCUT2D eigenvalue weighted by Crippen LogP contribution is 2.08. The van der Waals surface area contributed by atoms with Gasteiger partial charge in [-0.15, -0.1) is 5.10 Å². The predicted octanol–water partition coefficient (Wildman–Crippen LogP) is 0.211. The fraction of sp³-hybridized carbons (Fsp3) is 0.438. The maximum absolute atomic E-state index is 12.1. The molecule has 1 amide bonds. The number of amides is 1. The number of hydrogen-bond acceptors (Lipinski definition) is 5. The molecule has 2 heterocycles. The van der Waals surface area contributed by atoms with Gasteiger partial charge in [0.15, 0.2) is 5.69 Å². The molecule has 23 heavy (non-hydrogen) atoms. The van der Waals surface area contributed by atoms with E-state index in [9.17, 15) is 4.79 Å². The molecule has 2 N–H and O–H groups in total. The summed E-state index contributed by atoms with van der Waals surface area (Å²) in [6.07, 6.45) is 1.66. The van der Waals surface area contributed by atoms with Crippen molar-refractivity contribution in [1.29, 1.82) is 0 Å². The van der Waals surface area contributed by atoms with Gasteiger partial charge in [-0.05, 0) is 19.1 Å². The van der Waals surface area contributed by atoms with Gasteiger partial charge >= 0.3 is 0 Å². The van der Waals surface area contributed by atoms with E-state index in [1.165, 1.54) is 5.56 Å². The second kappa shape index (κ2) is 7.34. The Labute approximate surface area is 135 Å². The number of aryl methyl sites for hydroxylation is 1. The number of nitrogens with one attached hydrogen (secondary N) is 2. The van der Waals surface area contributed by atoms with Crippen molar-refractivity contribution >= 4 is 5.91 Å². The van der Waals surface area contributed by atoms with Gasteiger partial charge < -0.3 is 10.6 Å². The fourth-order valence-electron chi connectivity index (χ4n) is 2.54. The third kappa shape index (κ3) is 4.14. The first kappa shape index (κ1) is 15.6. The van der Waals surface area contributed by atoms with E-state index in [1.807, 2.05) is 31.2 Å². The number of carbonyl (C=O) groups is 1. The van der Waals surface area contributed by atoms with Gasteiger partial charge in [0.2, 0.25) is 0 Å². The van der Waals surface area contributed by atoms with Crippen LogP contribution in [0, 0.1) is 6.92 Å². The normalized spacial score (nSPS) is 15.5. The number of rotatable bonds is 5. The summed E-state index contributed by atoms with van der Waals surface area (Å²) in [6, 6.07) is 7.92. The number of piperazine rings is 1. The highest BCUT2D eigenvalue weighted by Gasteiger charge is 2.13. The Morgan fingerprint density at radius 3 is 2.74 bits per heavy atom. The van der Waals surface area contributed by atoms with Crippen LogP contribution >= 0.6 is 0 Å². The van der Waals surface area contributed by atoms with Crippen LogP contribution in [0.3, 0.4) is 0 Å². The molecule has 7 heteroatoms. The summed E-state index contributed by atoms with van der Waals surface area (Å²) < 4.78 is 1.62. The number of aromatic nitrogens is 3. The Hall–Kier alpha value is -2.25. The van der Waals surface area contributed by atoms with Gasteiger partial charge in [-0.25, -0.2) is 4.68 Å². The van der Waals surface area contributed by atoms with Gasteiger partial charge in [0.25, 0.3) is 5.91 Å². The first-order valence-corrected chi connectivity index (χ1v) is 7.93. The first-order valence-electron chi connectivity index (χ1n) is 7.93. The summed E-state index contributed by atoms with van der Waals surface area (Å²) in [5.41, 5.74) is 2.41. The Bertz CT molecular complexity index is 645. The molecule has 7 nitrogen and oxygen atoms in total. The zero-order chi connectivity index (χ0) is 16.1. The van der Waals surface area contributed by atoms with Crippen LogP contribution in [-0.2, 0) is 0 Å². The maximum Gasteiger partial charge on any atom is 0.273 e. The molecule has 0 radical (unpaired) electrons. The van der Waals surface area contributed by atoms with Crippen LogP contribution in [-0.4, -0.2) is 65.1 Å². The summed E-state index contributed by atoms with van der Waals surface area (Å²) in [5.74, 6) is -0.182. The molecule has 1 saturated heterocycles. The van der Waals surface area contributed by atoms with Crippen molar-refractivity contribution in [2.45, 2.75) is 6.92 Å². The second-order valence-electron chi connectivity index (χ2n) is 5.73. The molecule has 1 aromatic carbocycles. The summed E-state index contributed by atoms with van der Waals surface area (Å²) >= 11 is 0. The average molecular weight is 314 g/mol. The lowest BCUT2D eigenvalue weighted by molar-refractivity contribution is 0.0942. The van der Waals surface area contributed by atoms with E-state index in [2.05, 4.69) is 25.8 Å². The minimum atomic E-state index is -0.182. The van der Waals surface area contributed by atoms with Crippen LogP contribution in [0.5, 0.6) is 0 Å². The fourth-order valence-corrected chi connectivity index (χ4v) is 2.54. The second-order valence-corrected chi connectivity index (χ2v) is 5.73. The lowest BCUT2D eigenvalue weighted by Crippen LogP contribution is -2.46. The minimum absolute atomic E-state index is 0.182. The SMILES string of the molecule is Cc1ccc(-n2cc(C(=O)NCCN3CCNCC3)nn2)cc1. The molecule has 0 atom stereocenters. The molecule has 3 rings (SSSR count). The molecule has 1 aliphatic rings. The van der Waals surface area contributed by atoms with Crippen molar-refractivity contribution in [3.8, 4) is 5.69 Å². The van der Waals surface area contributed by atoms with Gasteiger partial charge in [-0.2, -0.15) is 0 Å². The lowest BCUT2D eigenvalue weighted by Gasteiger charge is -2.26. The summed E-state index contributed by atoms with van der Waals surface area (Å²) in [6.45, 7) is 7.59. The number of hydrogen-bond donors (Lipinski definition) is 2. The molecule has 122 valence electrons. The molecular weight excluding hydrogens is 292 g/mol. The van der Waals surface area contributed by atoms with Crippen molar-refractivity contribution in [2.24, 2.45) is 0 Å². The quantitative estimate of drug-likeness (QED) is 0.825. The average Bonchev–Trinajstić information content (AvgIpc) is 3.06. The van der Waals surface area contributed by atoms with Gasteiger partial charge in [-0.3, -0.25) is 9.69 Å². The van der Waals surface area contributed by atoms with Gasteiger partial charge in [0.1, 0.15) is 0 Å². The van der Waals surface area contributed by atoms with Crippen LogP contribution in [0.15, 0.2) is 30.5 Å². The molecule has 0 bridgehead atoms. The van der Waals surface area contributed by atoms with Crippen LogP contribution < -0.4 is 10.6 Å². The zero-order valence-corrected chi connectivity index (χ0v) is 13.3. The lowest BCUT2D eigenvalue weighted by atomic mass is 10.2. The van der Waals surface area contributed by atoms with Crippen LogP contribution in [0.25, 0.3) is 5.69 Å². The monoisotopic (exact) mass is 314 g/mol. The molecule has 1 aliphatic heterocycles. The van der Waals surface area contributed by atoms with Crippen LogP contribution in [0.4, 0.5) is 0 Å². The maximum atomic E-state index is 12.1. The predicted molar refractivity (Wildman–Crippen MR) is 87.7 cm³/mol. The van der Waals surface area contributed by atoms with Crippen molar-refractivity contribution in [1.82, 2.24) is 30.5 Å². The first-order chi connectivity index (χ1) is 11.2. The Balaban J connectivity index is 1.52. The molecule has 1 fully saturated rings. The molecule has 0 unspecified atom stereocenters. The van der Waals surface area contributed by atoms with Crippen molar-refractivity contribution < 1.29 is 4.79 Å². The van der Waals surface area contributed by atoms with E-state index in [4.69, 9.17) is 0 Å². The largest absolute Gasteiger partial charge is 0.349 e. The van der Waals surface area contributed by atoms with Crippen molar-refractivity contribution in [3.63, 3.8) is 0 Å². The molecule has 0 saturated carbocycles. The number of nitrogens with zero attached hydrogens (tertiary/aromatic N) is 4.